The molecule has 0 aromatic carbocycles. The van der Waals surface area contributed by atoms with Crippen molar-refractivity contribution in [3.63, 3.8) is 0 Å². The predicted molar refractivity (Wildman–Crippen MR) is 72.9 cm³/mol. The van der Waals surface area contributed by atoms with E-state index in [0.717, 1.165) is 44.2 Å². The summed E-state index contributed by atoms with van der Waals surface area (Å²) in [5.41, 5.74) is 0. The SMILES string of the molecule is CC(C)C1NCCn2c(CC3CCCCO3)nnc21. The predicted octanol–water partition coefficient (Wildman–Crippen LogP) is 1.69. The van der Waals surface area contributed by atoms with Gasteiger partial charge in [0.1, 0.15) is 5.82 Å². The molecule has 5 nitrogen and oxygen atoms in total. The van der Waals surface area contributed by atoms with E-state index in [1.807, 2.05) is 0 Å². The summed E-state index contributed by atoms with van der Waals surface area (Å²) in [7, 11) is 0. The van der Waals surface area contributed by atoms with Gasteiger partial charge in [-0.15, -0.1) is 10.2 Å². The molecular formula is C14H24N4O. The van der Waals surface area contributed by atoms with E-state index in [1.54, 1.807) is 0 Å². The highest BCUT2D eigenvalue weighted by Gasteiger charge is 2.28. The molecule has 1 fully saturated rings. The molecule has 5 heteroatoms. The lowest BCUT2D eigenvalue weighted by atomic mass is 10.0. The van der Waals surface area contributed by atoms with Crippen LogP contribution in [0.1, 0.15) is 50.8 Å². The average molecular weight is 264 g/mol. The number of ether oxygens (including phenoxy) is 1. The Hall–Kier alpha value is -0.940. The third-order valence-corrected chi connectivity index (χ3v) is 4.18. The second kappa shape index (κ2) is 5.59. The molecular weight excluding hydrogens is 240 g/mol. The highest BCUT2D eigenvalue weighted by molar-refractivity contribution is 5.06. The van der Waals surface area contributed by atoms with Gasteiger partial charge in [-0.3, -0.25) is 0 Å². The van der Waals surface area contributed by atoms with Crippen molar-refractivity contribution in [3.8, 4) is 0 Å². The van der Waals surface area contributed by atoms with Crippen molar-refractivity contribution in [2.24, 2.45) is 5.92 Å². The van der Waals surface area contributed by atoms with Crippen LogP contribution in [-0.2, 0) is 17.7 Å². The first-order valence-electron chi connectivity index (χ1n) is 7.52. The summed E-state index contributed by atoms with van der Waals surface area (Å²) in [4.78, 5) is 0. The Balaban J connectivity index is 1.76. The summed E-state index contributed by atoms with van der Waals surface area (Å²) < 4.78 is 8.12. The first-order valence-corrected chi connectivity index (χ1v) is 7.52. The van der Waals surface area contributed by atoms with Crippen LogP contribution in [0.15, 0.2) is 0 Å². The van der Waals surface area contributed by atoms with Crippen molar-refractivity contribution in [1.82, 2.24) is 20.1 Å². The first kappa shape index (κ1) is 13.1. The van der Waals surface area contributed by atoms with E-state index in [-0.39, 0.29) is 0 Å². The minimum Gasteiger partial charge on any atom is -0.378 e. The van der Waals surface area contributed by atoms with Crippen molar-refractivity contribution < 1.29 is 4.74 Å². The Labute approximate surface area is 114 Å². The Kier molecular flexibility index (Phi) is 3.84. The highest BCUT2D eigenvalue weighted by Crippen LogP contribution is 2.25. The van der Waals surface area contributed by atoms with Crippen LogP contribution in [0.3, 0.4) is 0 Å². The fraction of sp³-hybridized carbons (Fsp3) is 0.857. The molecule has 2 aliphatic rings. The molecule has 2 atom stereocenters. The lowest BCUT2D eigenvalue weighted by Gasteiger charge is -2.28. The number of hydrogen-bond acceptors (Lipinski definition) is 4. The second-order valence-electron chi connectivity index (χ2n) is 5.99. The fourth-order valence-electron chi connectivity index (χ4n) is 3.10. The molecule has 0 amide bonds. The maximum atomic E-state index is 5.82. The zero-order chi connectivity index (χ0) is 13.2. The van der Waals surface area contributed by atoms with Gasteiger partial charge in [0.2, 0.25) is 0 Å². The third-order valence-electron chi connectivity index (χ3n) is 4.18. The van der Waals surface area contributed by atoms with Crippen LogP contribution in [0.2, 0.25) is 0 Å². The molecule has 3 rings (SSSR count). The van der Waals surface area contributed by atoms with Gasteiger partial charge in [0.05, 0.1) is 12.1 Å². The zero-order valence-corrected chi connectivity index (χ0v) is 11.9. The lowest BCUT2D eigenvalue weighted by molar-refractivity contribution is 0.0150. The Morgan fingerprint density at radius 3 is 3.00 bits per heavy atom. The Bertz CT molecular complexity index is 423. The van der Waals surface area contributed by atoms with Gasteiger partial charge < -0.3 is 14.6 Å². The van der Waals surface area contributed by atoms with Crippen molar-refractivity contribution in [1.29, 1.82) is 0 Å². The van der Waals surface area contributed by atoms with E-state index in [1.165, 1.54) is 12.8 Å². The van der Waals surface area contributed by atoms with Crippen LogP contribution in [-0.4, -0.2) is 34.0 Å². The van der Waals surface area contributed by atoms with E-state index < -0.39 is 0 Å². The van der Waals surface area contributed by atoms with Gasteiger partial charge in [-0.2, -0.15) is 0 Å². The van der Waals surface area contributed by atoms with Gasteiger partial charge >= 0.3 is 0 Å². The van der Waals surface area contributed by atoms with Crippen molar-refractivity contribution in [3.05, 3.63) is 11.6 Å². The van der Waals surface area contributed by atoms with Crippen LogP contribution in [0.4, 0.5) is 0 Å². The van der Waals surface area contributed by atoms with Crippen molar-refractivity contribution in [2.75, 3.05) is 13.2 Å². The third kappa shape index (κ3) is 2.67. The lowest BCUT2D eigenvalue weighted by Crippen LogP contribution is -2.37. The van der Waals surface area contributed by atoms with Crippen LogP contribution in [0.25, 0.3) is 0 Å². The van der Waals surface area contributed by atoms with Crippen LogP contribution in [0, 0.1) is 5.92 Å². The normalized spacial score (nSPS) is 27.5. The summed E-state index contributed by atoms with van der Waals surface area (Å²) in [6.45, 7) is 7.35. The molecule has 106 valence electrons. The van der Waals surface area contributed by atoms with Crippen LogP contribution >= 0.6 is 0 Å². The van der Waals surface area contributed by atoms with Gasteiger partial charge in [0, 0.05) is 26.1 Å². The number of fused-ring (bicyclic) bond motifs is 1. The van der Waals surface area contributed by atoms with E-state index >= 15 is 0 Å². The van der Waals surface area contributed by atoms with Gasteiger partial charge in [-0.25, -0.2) is 0 Å². The molecule has 1 aromatic rings. The van der Waals surface area contributed by atoms with Crippen LogP contribution in [0.5, 0.6) is 0 Å². The minimum atomic E-state index is 0.335. The molecule has 2 unspecified atom stereocenters. The van der Waals surface area contributed by atoms with Crippen molar-refractivity contribution in [2.45, 2.75) is 58.2 Å². The average Bonchev–Trinajstić information content (AvgIpc) is 2.83. The van der Waals surface area contributed by atoms with Gasteiger partial charge in [-0.05, 0) is 25.2 Å². The largest absolute Gasteiger partial charge is 0.378 e. The van der Waals surface area contributed by atoms with E-state index in [9.17, 15) is 0 Å². The minimum absolute atomic E-state index is 0.335. The summed E-state index contributed by atoms with van der Waals surface area (Å²) in [5, 5.41) is 12.4. The fourth-order valence-corrected chi connectivity index (χ4v) is 3.10. The van der Waals surface area contributed by atoms with Crippen LogP contribution < -0.4 is 5.32 Å². The topological polar surface area (TPSA) is 52.0 Å². The van der Waals surface area contributed by atoms with Gasteiger partial charge in [0.25, 0.3) is 0 Å². The number of nitrogens with zero attached hydrogens (tertiary/aromatic N) is 3. The maximum absolute atomic E-state index is 5.82. The maximum Gasteiger partial charge on any atom is 0.150 e. The molecule has 3 heterocycles. The number of nitrogens with one attached hydrogen (secondary N) is 1. The molecule has 2 aliphatic heterocycles. The Morgan fingerprint density at radius 1 is 1.37 bits per heavy atom. The molecule has 0 radical (unpaired) electrons. The summed E-state index contributed by atoms with van der Waals surface area (Å²) >= 11 is 0. The zero-order valence-electron chi connectivity index (χ0n) is 11.9. The quantitative estimate of drug-likeness (QED) is 0.902. The molecule has 0 aliphatic carbocycles. The number of rotatable bonds is 3. The van der Waals surface area contributed by atoms with Gasteiger partial charge in [-0.1, -0.05) is 13.8 Å². The highest BCUT2D eigenvalue weighted by atomic mass is 16.5. The number of aromatic nitrogens is 3. The van der Waals surface area contributed by atoms with E-state index in [2.05, 4.69) is 33.9 Å². The van der Waals surface area contributed by atoms with Gasteiger partial charge in [0.15, 0.2) is 5.82 Å². The smallest absolute Gasteiger partial charge is 0.150 e. The first-order chi connectivity index (χ1) is 9.25. The molecule has 1 aromatic heterocycles. The molecule has 0 saturated carbocycles. The molecule has 1 N–H and O–H groups in total. The summed E-state index contributed by atoms with van der Waals surface area (Å²) in [6.07, 6.45) is 4.90. The molecule has 19 heavy (non-hydrogen) atoms. The number of hydrogen-bond donors (Lipinski definition) is 1. The standard InChI is InChI=1S/C14H24N4O/c1-10(2)13-14-17-16-12(18(14)7-6-15-13)9-11-5-3-4-8-19-11/h10-11,13,15H,3-9H2,1-2H3. The van der Waals surface area contributed by atoms with E-state index in [4.69, 9.17) is 4.74 Å². The molecule has 0 bridgehead atoms. The molecule has 1 saturated heterocycles. The van der Waals surface area contributed by atoms with Crippen molar-refractivity contribution >= 4 is 0 Å². The molecule has 0 spiro atoms. The summed E-state index contributed by atoms with van der Waals surface area (Å²) in [5.74, 6) is 2.75. The monoisotopic (exact) mass is 264 g/mol. The Morgan fingerprint density at radius 2 is 2.26 bits per heavy atom. The summed E-state index contributed by atoms with van der Waals surface area (Å²) in [6, 6.07) is 0.335. The van der Waals surface area contributed by atoms with E-state index in [0.29, 0.717) is 18.1 Å². The second-order valence-corrected chi connectivity index (χ2v) is 5.99.